The molecule has 5 heteroatoms. The Morgan fingerprint density at radius 2 is 2.29 bits per heavy atom. The van der Waals surface area contributed by atoms with E-state index in [1.807, 2.05) is 37.4 Å². The molecular formula is C16H17NO3S. The number of hydrogen-bond acceptors (Lipinski definition) is 4. The third-order valence-electron chi connectivity index (χ3n) is 2.87. The fourth-order valence-electron chi connectivity index (χ4n) is 1.82. The minimum Gasteiger partial charge on any atom is -0.464 e. The lowest BCUT2D eigenvalue weighted by Gasteiger charge is -2.10. The second kappa shape index (κ2) is 7.11. The Bertz CT molecular complexity index is 675. The number of amides is 1. The van der Waals surface area contributed by atoms with E-state index in [0.717, 1.165) is 11.5 Å². The summed E-state index contributed by atoms with van der Waals surface area (Å²) in [6.07, 6.45) is 0.402. The maximum absolute atomic E-state index is 12.3. The van der Waals surface area contributed by atoms with Gasteiger partial charge in [-0.15, -0.1) is 11.3 Å². The quantitative estimate of drug-likeness (QED) is 0.854. The molecule has 4 nitrogen and oxygen atoms in total. The lowest BCUT2D eigenvalue weighted by Crippen LogP contribution is -2.26. The topological polar surface area (TPSA) is 62.5 Å². The SMILES string of the molecule is Cc1ccc(C(C)NC(=O)c2sccc2C#CCCO)o1. The van der Waals surface area contributed by atoms with Crippen LogP contribution in [0.3, 0.4) is 0 Å². The van der Waals surface area contributed by atoms with Gasteiger partial charge < -0.3 is 14.8 Å². The molecule has 2 aromatic rings. The van der Waals surface area contributed by atoms with Gasteiger partial charge in [0, 0.05) is 12.0 Å². The molecule has 1 unspecified atom stereocenters. The Kier molecular flexibility index (Phi) is 5.20. The molecule has 0 aliphatic rings. The lowest BCUT2D eigenvalue weighted by molar-refractivity contribution is 0.0939. The van der Waals surface area contributed by atoms with Crippen LogP contribution in [0.5, 0.6) is 0 Å². The summed E-state index contributed by atoms with van der Waals surface area (Å²) in [5.41, 5.74) is 0.689. The van der Waals surface area contributed by atoms with Crippen molar-refractivity contribution in [2.45, 2.75) is 26.3 Å². The summed E-state index contributed by atoms with van der Waals surface area (Å²) >= 11 is 1.35. The predicted octanol–water partition coefficient (Wildman–Crippen LogP) is 2.87. The zero-order valence-corrected chi connectivity index (χ0v) is 12.8. The molecule has 2 heterocycles. The zero-order chi connectivity index (χ0) is 15.2. The number of aliphatic hydroxyl groups is 1. The standard InChI is InChI=1S/C16H17NO3S/c1-11-6-7-14(20-11)12(2)17-16(19)15-13(8-10-21-15)5-3-4-9-18/h6-8,10,12,18H,4,9H2,1-2H3,(H,17,19). The van der Waals surface area contributed by atoms with Crippen LogP contribution in [0.25, 0.3) is 0 Å². The van der Waals surface area contributed by atoms with Gasteiger partial charge in [-0.2, -0.15) is 0 Å². The van der Waals surface area contributed by atoms with Crippen molar-refractivity contribution < 1.29 is 14.3 Å². The van der Waals surface area contributed by atoms with Gasteiger partial charge in [-0.3, -0.25) is 4.79 Å². The van der Waals surface area contributed by atoms with Crippen LogP contribution in [-0.2, 0) is 0 Å². The number of hydrogen-bond donors (Lipinski definition) is 2. The molecule has 0 spiro atoms. The summed E-state index contributed by atoms with van der Waals surface area (Å²) in [6.45, 7) is 3.76. The average Bonchev–Trinajstić information content (AvgIpc) is 3.08. The molecule has 0 saturated heterocycles. The maximum Gasteiger partial charge on any atom is 0.263 e. The van der Waals surface area contributed by atoms with Crippen molar-refractivity contribution >= 4 is 17.2 Å². The van der Waals surface area contributed by atoms with E-state index in [4.69, 9.17) is 9.52 Å². The van der Waals surface area contributed by atoms with E-state index in [9.17, 15) is 4.79 Å². The molecule has 2 aromatic heterocycles. The average molecular weight is 303 g/mol. The van der Waals surface area contributed by atoms with E-state index < -0.39 is 0 Å². The van der Waals surface area contributed by atoms with E-state index in [1.165, 1.54) is 11.3 Å². The van der Waals surface area contributed by atoms with Crippen LogP contribution >= 0.6 is 11.3 Å². The summed E-state index contributed by atoms with van der Waals surface area (Å²) in [5.74, 6) is 7.12. The third-order valence-corrected chi connectivity index (χ3v) is 3.78. The highest BCUT2D eigenvalue weighted by atomic mass is 32.1. The molecule has 2 N–H and O–H groups in total. The summed E-state index contributed by atoms with van der Waals surface area (Å²) in [6, 6.07) is 5.34. The first-order chi connectivity index (χ1) is 10.1. The summed E-state index contributed by atoms with van der Waals surface area (Å²) in [7, 11) is 0. The van der Waals surface area contributed by atoms with Gasteiger partial charge in [0.15, 0.2) is 0 Å². The Labute approximate surface area is 127 Å². The second-order valence-electron chi connectivity index (χ2n) is 4.58. The van der Waals surface area contributed by atoms with Crippen molar-refractivity contribution in [3.05, 3.63) is 45.5 Å². The predicted molar refractivity (Wildman–Crippen MR) is 82.2 cm³/mol. The van der Waals surface area contributed by atoms with Crippen molar-refractivity contribution in [2.24, 2.45) is 0 Å². The van der Waals surface area contributed by atoms with Crippen LogP contribution in [0.4, 0.5) is 0 Å². The first-order valence-electron chi connectivity index (χ1n) is 6.66. The molecule has 0 aromatic carbocycles. The first kappa shape index (κ1) is 15.4. The maximum atomic E-state index is 12.3. The highest BCUT2D eigenvalue weighted by Crippen LogP contribution is 2.19. The summed E-state index contributed by atoms with van der Waals surface area (Å²) in [5, 5.41) is 13.5. The molecule has 0 saturated carbocycles. The van der Waals surface area contributed by atoms with Crippen LogP contribution in [0, 0.1) is 18.8 Å². The molecule has 110 valence electrons. The number of carbonyl (C=O) groups excluding carboxylic acids is 1. The van der Waals surface area contributed by atoms with Crippen molar-refractivity contribution in [2.75, 3.05) is 6.61 Å². The molecule has 0 aliphatic heterocycles. The minimum atomic E-state index is -0.202. The van der Waals surface area contributed by atoms with Gasteiger partial charge in [0.2, 0.25) is 0 Å². The number of rotatable bonds is 4. The minimum absolute atomic E-state index is 0.0214. The molecule has 0 aliphatic carbocycles. The number of furan rings is 1. The number of aliphatic hydroxyl groups excluding tert-OH is 1. The van der Waals surface area contributed by atoms with Gasteiger partial charge in [0.1, 0.15) is 16.4 Å². The number of aryl methyl sites for hydroxylation is 1. The fraction of sp³-hybridized carbons (Fsp3) is 0.312. The first-order valence-corrected chi connectivity index (χ1v) is 7.54. The van der Waals surface area contributed by atoms with Gasteiger partial charge in [0.25, 0.3) is 5.91 Å². The molecule has 1 atom stereocenters. The van der Waals surface area contributed by atoms with Crippen LogP contribution in [0.2, 0.25) is 0 Å². The Hall–Kier alpha value is -2.03. The highest BCUT2D eigenvalue weighted by molar-refractivity contribution is 7.12. The lowest BCUT2D eigenvalue weighted by atomic mass is 10.2. The number of nitrogens with one attached hydrogen (secondary N) is 1. The third kappa shape index (κ3) is 3.97. The monoisotopic (exact) mass is 303 g/mol. The Morgan fingerprint density at radius 1 is 1.48 bits per heavy atom. The smallest absolute Gasteiger partial charge is 0.263 e. The van der Waals surface area contributed by atoms with E-state index in [1.54, 1.807) is 0 Å². The van der Waals surface area contributed by atoms with Crippen LogP contribution in [-0.4, -0.2) is 17.6 Å². The van der Waals surface area contributed by atoms with E-state index in [0.29, 0.717) is 16.9 Å². The fourth-order valence-corrected chi connectivity index (χ4v) is 2.57. The van der Waals surface area contributed by atoms with Crippen LogP contribution in [0.1, 0.15) is 46.1 Å². The highest BCUT2D eigenvalue weighted by Gasteiger charge is 2.17. The van der Waals surface area contributed by atoms with Gasteiger partial charge in [-0.25, -0.2) is 0 Å². The molecule has 0 radical (unpaired) electrons. The van der Waals surface area contributed by atoms with Crippen LogP contribution < -0.4 is 5.32 Å². The Balaban J connectivity index is 2.07. The largest absolute Gasteiger partial charge is 0.464 e. The zero-order valence-electron chi connectivity index (χ0n) is 12.0. The molecule has 0 bridgehead atoms. The van der Waals surface area contributed by atoms with Crippen molar-refractivity contribution in [3.8, 4) is 11.8 Å². The molecule has 0 fully saturated rings. The van der Waals surface area contributed by atoms with Crippen molar-refractivity contribution in [1.82, 2.24) is 5.32 Å². The molecule has 2 rings (SSSR count). The van der Waals surface area contributed by atoms with Crippen LogP contribution in [0.15, 0.2) is 28.0 Å². The van der Waals surface area contributed by atoms with Crippen molar-refractivity contribution in [3.63, 3.8) is 0 Å². The number of thiophene rings is 1. The van der Waals surface area contributed by atoms with Gasteiger partial charge >= 0.3 is 0 Å². The number of carbonyl (C=O) groups is 1. The van der Waals surface area contributed by atoms with Gasteiger partial charge in [-0.05, 0) is 37.4 Å². The summed E-state index contributed by atoms with van der Waals surface area (Å²) < 4.78 is 5.51. The second-order valence-corrected chi connectivity index (χ2v) is 5.50. The molecular weight excluding hydrogens is 286 g/mol. The molecule has 21 heavy (non-hydrogen) atoms. The van der Waals surface area contributed by atoms with E-state index >= 15 is 0 Å². The Morgan fingerprint density at radius 3 is 2.95 bits per heavy atom. The van der Waals surface area contributed by atoms with E-state index in [2.05, 4.69) is 17.2 Å². The van der Waals surface area contributed by atoms with E-state index in [-0.39, 0.29) is 18.6 Å². The van der Waals surface area contributed by atoms with Gasteiger partial charge in [0.05, 0.1) is 12.6 Å². The van der Waals surface area contributed by atoms with Gasteiger partial charge in [-0.1, -0.05) is 11.8 Å². The van der Waals surface area contributed by atoms with Crippen molar-refractivity contribution in [1.29, 1.82) is 0 Å². The normalized spacial score (nSPS) is 11.6. The summed E-state index contributed by atoms with van der Waals surface area (Å²) in [4.78, 5) is 12.9. The molecule has 1 amide bonds.